The second-order valence-corrected chi connectivity index (χ2v) is 5.82. The molecule has 1 rings (SSSR count). The van der Waals surface area contributed by atoms with Crippen molar-refractivity contribution in [1.82, 2.24) is 10.3 Å². The van der Waals surface area contributed by atoms with Gasteiger partial charge in [-0.15, -0.1) is 0 Å². The van der Waals surface area contributed by atoms with Gasteiger partial charge < -0.3 is 10.2 Å². The number of rotatable bonds is 8. The van der Waals surface area contributed by atoms with Crippen LogP contribution >= 0.6 is 11.3 Å². The molecule has 0 aliphatic rings. The first-order valence-corrected chi connectivity index (χ1v) is 8.06. The first-order valence-electron chi connectivity index (χ1n) is 7.24. The Kier molecular flexibility index (Phi) is 7.10. The van der Waals surface area contributed by atoms with Crippen molar-refractivity contribution < 1.29 is 0 Å². The molecule has 0 saturated heterocycles. The van der Waals surface area contributed by atoms with Gasteiger partial charge in [-0.2, -0.15) is 0 Å². The first-order chi connectivity index (χ1) is 9.12. The molecule has 108 valence electrons. The van der Waals surface area contributed by atoms with E-state index in [0.29, 0.717) is 6.04 Å². The molecule has 1 atom stereocenters. The maximum Gasteiger partial charge on any atom is 0.185 e. The summed E-state index contributed by atoms with van der Waals surface area (Å²) in [5.41, 5.74) is 1.36. The van der Waals surface area contributed by atoms with Gasteiger partial charge in [-0.25, -0.2) is 4.98 Å². The second-order valence-electron chi connectivity index (χ2n) is 4.78. The zero-order valence-corrected chi connectivity index (χ0v) is 13.7. The largest absolute Gasteiger partial charge is 0.349 e. The lowest BCUT2D eigenvalue weighted by atomic mass is 10.1. The van der Waals surface area contributed by atoms with Gasteiger partial charge in [-0.1, -0.05) is 23.8 Å². The van der Waals surface area contributed by atoms with Crippen molar-refractivity contribution in [3.63, 3.8) is 0 Å². The highest BCUT2D eigenvalue weighted by Gasteiger charge is 2.08. The lowest BCUT2D eigenvalue weighted by Gasteiger charge is -2.16. The minimum atomic E-state index is 0.430. The molecule has 3 nitrogen and oxygen atoms in total. The van der Waals surface area contributed by atoms with Crippen LogP contribution in [-0.4, -0.2) is 30.7 Å². The minimum Gasteiger partial charge on any atom is -0.349 e. The van der Waals surface area contributed by atoms with Crippen LogP contribution in [0.2, 0.25) is 0 Å². The summed E-state index contributed by atoms with van der Waals surface area (Å²) in [7, 11) is 0. The van der Waals surface area contributed by atoms with Gasteiger partial charge in [-0.05, 0) is 46.7 Å². The highest BCUT2D eigenvalue weighted by Crippen LogP contribution is 2.24. The monoisotopic (exact) mass is 281 g/mol. The highest BCUT2D eigenvalue weighted by molar-refractivity contribution is 7.16. The topological polar surface area (TPSA) is 28.2 Å². The fourth-order valence-corrected chi connectivity index (χ4v) is 2.91. The van der Waals surface area contributed by atoms with Gasteiger partial charge in [0.2, 0.25) is 0 Å². The molecular formula is C15H27N3S. The molecule has 1 unspecified atom stereocenters. The van der Waals surface area contributed by atoms with Gasteiger partial charge in [0.15, 0.2) is 5.13 Å². The van der Waals surface area contributed by atoms with Crippen molar-refractivity contribution >= 4 is 22.5 Å². The van der Waals surface area contributed by atoms with E-state index in [1.54, 1.807) is 11.3 Å². The Morgan fingerprint density at radius 2 is 2.11 bits per heavy atom. The lowest BCUT2D eigenvalue weighted by molar-refractivity contribution is 0.604. The Morgan fingerprint density at radius 1 is 1.42 bits per heavy atom. The molecule has 4 heteroatoms. The van der Waals surface area contributed by atoms with E-state index in [2.05, 4.69) is 55.9 Å². The molecule has 0 amide bonds. The maximum atomic E-state index is 4.51. The third-order valence-corrected chi connectivity index (χ3v) is 4.30. The van der Waals surface area contributed by atoms with Gasteiger partial charge >= 0.3 is 0 Å². The van der Waals surface area contributed by atoms with Crippen molar-refractivity contribution in [2.75, 3.05) is 24.5 Å². The fraction of sp³-hybridized carbons (Fsp3) is 0.667. The number of nitrogens with zero attached hydrogens (tertiary/aromatic N) is 2. The Labute approximate surface area is 121 Å². The van der Waals surface area contributed by atoms with Crippen LogP contribution in [0.3, 0.4) is 0 Å². The third-order valence-electron chi connectivity index (χ3n) is 3.30. The van der Waals surface area contributed by atoms with Crippen LogP contribution in [0.25, 0.3) is 6.08 Å². The van der Waals surface area contributed by atoms with E-state index in [1.807, 2.05) is 6.20 Å². The molecule has 0 aromatic carbocycles. The molecule has 1 N–H and O–H groups in total. The van der Waals surface area contributed by atoms with Crippen molar-refractivity contribution in [3.8, 4) is 0 Å². The SMILES string of the molecule is CCCNC(C)C(C)=Cc1cnc(N(CC)CC)s1. The van der Waals surface area contributed by atoms with E-state index in [0.717, 1.165) is 24.8 Å². The van der Waals surface area contributed by atoms with Gasteiger partial charge in [-0.3, -0.25) is 0 Å². The predicted octanol–water partition coefficient (Wildman–Crippen LogP) is 3.78. The summed E-state index contributed by atoms with van der Waals surface area (Å²) < 4.78 is 0. The zero-order valence-electron chi connectivity index (χ0n) is 12.9. The molecule has 1 aromatic rings. The van der Waals surface area contributed by atoms with Crippen molar-refractivity contribution in [2.45, 2.75) is 47.1 Å². The fourth-order valence-electron chi connectivity index (χ4n) is 1.86. The molecule has 0 aliphatic carbocycles. The quantitative estimate of drug-likeness (QED) is 0.786. The Balaban J connectivity index is 2.70. The van der Waals surface area contributed by atoms with E-state index in [9.17, 15) is 0 Å². The molecular weight excluding hydrogens is 254 g/mol. The number of hydrogen-bond donors (Lipinski definition) is 1. The Hall–Kier alpha value is -0.870. The number of nitrogens with one attached hydrogen (secondary N) is 1. The average molecular weight is 281 g/mol. The molecule has 0 aliphatic heterocycles. The number of hydrogen-bond acceptors (Lipinski definition) is 4. The van der Waals surface area contributed by atoms with Gasteiger partial charge in [0, 0.05) is 30.2 Å². The van der Waals surface area contributed by atoms with E-state index in [4.69, 9.17) is 0 Å². The maximum absolute atomic E-state index is 4.51. The van der Waals surface area contributed by atoms with E-state index in [1.165, 1.54) is 16.9 Å². The van der Waals surface area contributed by atoms with E-state index in [-0.39, 0.29) is 0 Å². The van der Waals surface area contributed by atoms with Crippen molar-refractivity contribution in [2.24, 2.45) is 0 Å². The molecule has 19 heavy (non-hydrogen) atoms. The summed E-state index contributed by atoms with van der Waals surface area (Å²) in [5.74, 6) is 0. The standard InChI is InChI=1S/C15H27N3S/c1-6-9-16-13(5)12(4)10-14-11-17-15(19-14)18(7-2)8-3/h10-11,13,16H,6-9H2,1-5H3. The lowest BCUT2D eigenvalue weighted by Crippen LogP contribution is -2.27. The number of aromatic nitrogens is 1. The van der Waals surface area contributed by atoms with E-state index >= 15 is 0 Å². The Bertz CT molecular complexity index is 394. The Morgan fingerprint density at radius 3 is 2.68 bits per heavy atom. The number of thiazole rings is 1. The summed E-state index contributed by atoms with van der Waals surface area (Å²) >= 11 is 1.77. The summed E-state index contributed by atoms with van der Waals surface area (Å²) in [4.78, 5) is 8.04. The summed E-state index contributed by atoms with van der Waals surface area (Å²) in [6, 6.07) is 0.430. The summed E-state index contributed by atoms with van der Waals surface area (Å²) in [5, 5.41) is 4.63. The second kappa shape index (κ2) is 8.33. The van der Waals surface area contributed by atoms with Crippen LogP contribution in [0.4, 0.5) is 5.13 Å². The van der Waals surface area contributed by atoms with Crippen molar-refractivity contribution in [3.05, 3.63) is 16.6 Å². The first kappa shape index (κ1) is 16.2. The highest BCUT2D eigenvalue weighted by atomic mass is 32.1. The van der Waals surface area contributed by atoms with E-state index < -0.39 is 0 Å². The summed E-state index contributed by atoms with van der Waals surface area (Å²) in [6.07, 6.45) is 5.40. The average Bonchev–Trinajstić information content (AvgIpc) is 2.85. The van der Waals surface area contributed by atoms with Gasteiger partial charge in [0.1, 0.15) is 0 Å². The van der Waals surface area contributed by atoms with Crippen LogP contribution in [0, 0.1) is 0 Å². The molecule has 0 saturated carbocycles. The number of anilines is 1. The van der Waals surface area contributed by atoms with Gasteiger partial charge in [0.05, 0.1) is 0 Å². The van der Waals surface area contributed by atoms with Crippen molar-refractivity contribution in [1.29, 1.82) is 0 Å². The molecule has 1 aromatic heterocycles. The molecule has 0 spiro atoms. The third kappa shape index (κ3) is 4.96. The van der Waals surface area contributed by atoms with Crippen LogP contribution in [0.15, 0.2) is 11.8 Å². The van der Waals surface area contributed by atoms with Crippen LogP contribution in [0.5, 0.6) is 0 Å². The van der Waals surface area contributed by atoms with Crippen LogP contribution in [-0.2, 0) is 0 Å². The minimum absolute atomic E-state index is 0.430. The summed E-state index contributed by atoms with van der Waals surface area (Å²) in [6.45, 7) is 14.0. The smallest absolute Gasteiger partial charge is 0.185 e. The van der Waals surface area contributed by atoms with Crippen LogP contribution in [0.1, 0.15) is 45.9 Å². The van der Waals surface area contributed by atoms with Crippen LogP contribution < -0.4 is 10.2 Å². The molecule has 0 radical (unpaired) electrons. The normalized spacial score (nSPS) is 13.6. The molecule has 0 bridgehead atoms. The zero-order chi connectivity index (χ0) is 14.3. The molecule has 1 heterocycles. The predicted molar refractivity (Wildman–Crippen MR) is 87.1 cm³/mol. The van der Waals surface area contributed by atoms with Gasteiger partial charge in [0.25, 0.3) is 0 Å². The molecule has 0 fully saturated rings.